The van der Waals surface area contributed by atoms with Crippen molar-refractivity contribution in [1.29, 1.82) is 0 Å². The molecule has 0 aliphatic heterocycles. The fraction of sp³-hybridized carbons (Fsp3) is 0.500. The molecule has 0 nitrogen and oxygen atoms in total. The maximum Gasteiger partial charge on any atom is 0.0406 e. The third kappa shape index (κ3) is 6.97. The summed E-state index contributed by atoms with van der Waals surface area (Å²) >= 11 is 10.7. The molecule has 0 bridgehead atoms. The van der Waals surface area contributed by atoms with Gasteiger partial charge in [-0.1, -0.05) is 109 Å². The first-order chi connectivity index (χ1) is 12.6. The zero-order valence-corrected chi connectivity index (χ0v) is 19.5. The van der Waals surface area contributed by atoms with Crippen molar-refractivity contribution in [3.63, 3.8) is 0 Å². The predicted octanol–water partition coefficient (Wildman–Crippen LogP) is 8.99. The minimum atomic E-state index is 0.0700. The fourth-order valence-corrected chi connectivity index (χ4v) is 3.45. The summed E-state index contributed by atoms with van der Waals surface area (Å²) in [6.45, 7) is 14.9. The van der Waals surface area contributed by atoms with E-state index in [1.54, 1.807) is 0 Å². The molecule has 2 unspecified atom stereocenters. The van der Waals surface area contributed by atoms with Gasteiger partial charge in [-0.3, -0.25) is 0 Å². The van der Waals surface area contributed by atoms with Crippen LogP contribution in [0.5, 0.6) is 0 Å². The lowest BCUT2D eigenvalue weighted by molar-refractivity contribution is 0.324. The third-order valence-electron chi connectivity index (χ3n) is 4.66. The van der Waals surface area contributed by atoms with Gasteiger partial charge in [0.1, 0.15) is 0 Å². The highest BCUT2D eigenvalue weighted by molar-refractivity contribution is 6.30. The van der Waals surface area contributed by atoms with Crippen molar-refractivity contribution < 1.29 is 0 Å². The van der Waals surface area contributed by atoms with Crippen molar-refractivity contribution in [2.24, 2.45) is 5.92 Å². The average molecular weight is 397 g/mol. The molecule has 0 spiro atoms. The molecule has 0 aromatic heterocycles. The highest BCUT2D eigenvalue weighted by Gasteiger charge is 2.36. The Morgan fingerprint density at radius 1 is 0.769 bits per heavy atom. The van der Waals surface area contributed by atoms with Gasteiger partial charge in [0.25, 0.3) is 0 Å². The molecule has 0 heterocycles. The van der Waals surface area contributed by atoms with Crippen molar-refractivity contribution in [2.45, 2.75) is 66.7 Å². The molecule has 2 aromatic carbocycles. The second-order valence-electron chi connectivity index (χ2n) is 5.51. The van der Waals surface area contributed by atoms with Crippen LogP contribution in [0.4, 0.5) is 0 Å². The van der Waals surface area contributed by atoms with Crippen LogP contribution in [0.1, 0.15) is 72.4 Å². The van der Waals surface area contributed by atoms with Gasteiger partial charge >= 0.3 is 0 Å². The largest absolute Gasteiger partial charge is 0.130 e. The van der Waals surface area contributed by atoms with Gasteiger partial charge < -0.3 is 0 Å². The van der Waals surface area contributed by atoms with E-state index in [4.69, 9.17) is 11.6 Å². The minimum absolute atomic E-state index is 0.0700. The monoisotopic (exact) mass is 396 g/mol. The van der Waals surface area contributed by atoms with Crippen molar-refractivity contribution in [1.82, 2.24) is 0 Å². The molecule has 2 atom stereocenters. The van der Waals surface area contributed by atoms with E-state index in [9.17, 15) is 0 Å². The van der Waals surface area contributed by atoms with Crippen LogP contribution >= 0.6 is 23.2 Å². The van der Waals surface area contributed by atoms with E-state index in [2.05, 4.69) is 74.8 Å². The van der Waals surface area contributed by atoms with E-state index < -0.39 is 0 Å². The van der Waals surface area contributed by atoms with Gasteiger partial charge in [-0.25, -0.2) is 0 Å². The molecule has 26 heavy (non-hydrogen) atoms. The van der Waals surface area contributed by atoms with Gasteiger partial charge in [-0.05, 0) is 35.6 Å². The zero-order valence-electron chi connectivity index (χ0n) is 17.9. The van der Waals surface area contributed by atoms with Crippen molar-refractivity contribution >= 4 is 23.2 Å². The summed E-state index contributed by atoms with van der Waals surface area (Å²) in [6.07, 6.45) is 3.72. The van der Waals surface area contributed by atoms with Crippen LogP contribution in [-0.2, 0) is 5.41 Å². The first-order valence-corrected chi connectivity index (χ1v) is 11.0. The summed E-state index contributed by atoms with van der Waals surface area (Å²) < 4.78 is 0. The fourth-order valence-electron chi connectivity index (χ4n) is 3.32. The van der Waals surface area contributed by atoms with Crippen LogP contribution in [0.2, 0.25) is 5.02 Å². The Morgan fingerprint density at radius 3 is 1.58 bits per heavy atom. The van der Waals surface area contributed by atoms with Gasteiger partial charge in [-0.15, -0.1) is 11.6 Å². The Kier molecular flexibility index (Phi) is 17.0. The second kappa shape index (κ2) is 16.2. The van der Waals surface area contributed by atoms with Gasteiger partial charge in [-0.2, -0.15) is 0 Å². The smallest absolute Gasteiger partial charge is 0.0406 e. The Labute approximate surface area is 172 Å². The Balaban J connectivity index is 0. The normalized spacial score (nSPS) is 12.7. The van der Waals surface area contributed by atoms with E-state index in [1.807, 2.05) is 39.8 Å². The molecule has 0 aliphatic carbocycles. The van der Waals surface area contributed by atoms with Crippen molar-refractivity contribution in [2.75, 3.05) is 6.38 Å². The highest BCUT2D eigenvalue weighted by Crippen LogP contribution is 2.43. The van der Waals surface area contributed by atoms with Crippen LogP contribution in [0.15, 0.2) is 54.6 Å². The Bertz CT molecular complexity index is 534. The quantitative estimate of drug-likeness (QED) is 0.442. The molecule has 2 aromatic rings. The zero-order chi connectivity index (χ0) is 20.6. The molecule has 0 aliphatic rings. The lowest BCUT2D eigenvalue weighted by atomic mass is 9.64. The third-order valence-corrected chi connectivity index (χ3v) is 4.91. The van der Waals surface area contributed by atoms with Gasteiger partial charge in [0.2, 0.25) is 0 Å². The number of benzene rings is 2. The van der Waals surface area contributed by atoms with Crippen molar-refractivity contribution in [3.8, 4) is 0 Å². The lowest BCUT2D eigenvalue weighted by Crippen LogP contribution is -2.34. The topological polar surface area (TPSA) is 0 Å². The van der Waals surface area contributed by atoms with E-state index >= 15 is 0 Å². The SMILES string of the molecule is CC.CC.CCC(C)C(CC)(c1ccccc1)c1ccc(Cl)cc1.CCl. The lowest BCUT2D eigenvalue weighted by Gasteiger charge is -2.39. The summed E-state index contributed by atoms with van der Waals surface area (Å²) in [6, 6.07) is 19.3. The second-order valence-corrected chi connectivity index (χ2v) is 5.94. The molecule has 0 N–H and O–H groups in total. The molecule has 0 fully saturated rings. The van der Waals surface area contributed by atoms with Gasteiger partial charge in [0.05, 0.1) is 0 Å². The molecule has 2 heteroatoms. The van der Waals surface area contributed by atoms with Crippen LogP contribution in [0.25, 0.3) is 0 Å². The number of hydrogen-bond donors (Lipinski definition) is 0. The summed E-state index contributed by atoms with van der Waals surface area (Å²) in [5.74, 6) is 0.580. The van der Waals surface area contributed by atoms with Crippen LogP contribution < -0.4 is 0 Å². The standard InChI is InChI=1S/C19H23Cl.2C2H6.CH3Cl/c1-4-15(3)19(5-2,16-9-7-6-8-10-16)17-11-13-18(20)14-12-17;3*1-2/h6-15H,4-5H2,1-3H3;2*1-2H3;1H3. The van der Waals surface area contributed by atoms with Crippen LogP contribution in [0.3, 0.4) is 0 Å². The van der Waals surface area contributed by atoms with Gasteiger partial charge in [0.15, 0.2) is 0 Å². The van der Waals surface area contributed by atoms with Gasteiger partial charge in [0, 0.05) is 16.8 Å². The number of alkyl halides is 1. The maximum atomic E-state index is 6.06. The average Bonchev–Trinajstić information content (AvgIpc) is 2.75. The number of halogens is 2. The number of hydrogen-bond acceptors (Lipinski definition) is 0. The molecule has 0 saturated carbocycles. The van der Waals surface area contributed by atoms with E-state index in [-0.39, 0.29) is 5.41 Å². The minimum Gasteiger partial charge on any atom is -0.130 e. The molecular formula is C24H38Cl2. The Morgan fingerprint density at radius 2 is 1.19 bits per heavy atom. The van der Waals surface area contributed by atoms with Crippen LogP contribution in [-0.4, -0.2) is 6.38 Å². The predicted molar refractivity (Wildman–Crippen MR) is 123 cm³/mol. The molecule has 2 rings (SSSR count). The van der Waals surface area contributed by atoms with E-state index in [1.165, 1.54) is 17.5 Å². The summed E-state index contributed by atoms with van der Waals surface area (Å²) in [4.78, 5) is 0. The number of rotatable bonds is 5. The summed E-state index contributed by atoms with van der Waals surface area (Å²) in [5, 5.41) is 0.802. The first kappa shape index (κ1) is 27.2. The maximum absolute atomic E-state index is 6.06. The molecular weight excluding hydrogens is 359 g/mol. The first-order valence-electron chi connectivity index (χ1n) is 9.84. The van der Waals surface area contributed by atoms with Crippen LogP contribution in [0, 0.1) is 5.92 Å². The Hall–Kier alpha value is -0.980. The van der Waals surface area contributed by atoms with Crippen molar-refractivity contribution in [3.05, 3.63) is 70.7 Å². The molecule has 0 saturated heterocycles. The molecule has 0 radical (unpaired) electrons. The summed E-state index contributed by atoms with van der Waals surface area (Å²) in [5.41, 5.74) is 2.84. The van der Waals surface area contributed by atoms with E-state index in [0.717, 1.165) is 17.9 Å². The summed E-state index contributed by atoms with van der Waals surface area (Å²) in [7, 11) is 0. The molecule has 148 valence electrons. The van der Waals surface area contributed by atoms with E-state index in [0.29, 0.717) is 5.92 Å². The highest BCUT2D eigenvalue weighted by atomic mass is 35.5. The molecule has 0 amide bonds.